The predicted octanol–water partition coefficient (Wildman–Crippen LogP) is 2.96. The molecule has 0 saturated heterocycles. The Hall–Kier alpha value is -1.78. The van der Waals surface area contributed by atoms with E-state index in [0.717, 1.165) is 12.1 Å². The lowest BCUT2D eigenvalue weighted by atomic mass is 10.0. The average molecular weight is 225 g/mol. The molecule has 0 aliphatic carbocycles. The minimum Gasteiger partial charge on any atom is -0.294 e. The number of hydrogen-bond donors (Lipinski definition) is 0. The molecule has 0 N–H and O–H groups in total. The van der Waals surface area contributed by atoms with Crippen molar-refractivity contribution in [2.24, 2.45) is 5.92 Å². The van der Waals surface area contributed by atoms with E-state index in [-0.39, 0.29) is 17.3 Å². The van der Waals surface area contributed by atoms with Gasteiger partial charge in [-0.05, 0) is 18.1 Å². The number of nitro groups is 1. The summed E-state index contributed by atoms with van der Waals surface area (Å²) in [5, 5.41) is 10.5. The van der Waals surface area contributed by atoms with Gasteiger partial charge in [0.05, 0.1) is 4.92 Å². The van der Waals surface area contributed by atoms with Gasteiger partial charge in [0.25, 0.3) is 0 Å². The van der Waals surface area contributed by atoms with Crippen molar-refractivity contribution in [1.29, 1.82) is 0 Å². The Labute approximate surface area is 92.2 Å². The fourth-order valence-corrected chi connectivity index (χ4v) is 1.31. The zero-order valence-electron chi connectivity index (χ0n) is 9.07. The molecule has 0 bridgehead atoms. The number of hydrogen-bond acceptors (Lipinski definition) is 3. The van der Waals surface area contributed by atoms with E-state index in [2.05, 4.69) is 0 Å². The van der Waals surface area contributed by atoms with Gasteiger partial charge in [0.15, 0.2) is 5.78 Å². The molecule has 1 aromatic carbocycles. The molecule has 86 valence electrons. The molecule has 0 saturated carbocycles. The number of nitro benzene ring substituents is 1. The Morgan fingerprint density at radius 1 is 1.50 bits per heavy atom. The van der Waals surface area contributed by atoms with Crippen molar-refractivity contribution in [1.82, 2.24) is 0 Å². The summed E-state index contributed by atoms with van der Waals surface area (Å²) < 4.78 is 13.0. The molecule has 0 fully saturated rings. The molecule has 0 radical (unpaired) electrons. The molecule has 16 heavy (non-hydrogen) atoms. The number of carbonyl (C=O) groups is 1. The van der Waals surface area contributed by atoms with Gasteiger partial charge in [0, 0.05) is 18.1 Å². The Balaban J connectivity index is 3.03. The summed E-state index contributed by atoms with van der Waals surface area (Å²) in [6.07, 6.45) is 0.294. The first kappa shape index (κ1) is 12.3. The first-order chi connectivity index (χ1) is 7.41. The Morgan fingerprint density at radius 2 is 2.12 bits per heavy atom. The van der Waals surface area contributed by atoms with Crippen molar-refractivity contribution in [2.75, 3.05) is 0 Å². The molecule has 0 aliphatic rings. The fourth-order valence-electron chi connectivity index (χ4n) is 1.31. The highest BCUT2D eigenvalue weighted by Crippen LogP contribution is 2.20. The van der Waals surface area contributed by atoms with Gasteiger partial charge in [-0.2, -0.15) is 4.39 Å². The summed E-state index contributed by atoms with van der Waals surface area (Å²) >= 11 is 0. The van der Waals surface area contributed by atoms with Crippen LogP contribution in [-0.2, 0) is 0 Å². The second-order valence-corrected chi connectivity index (χ2v) is 3.94. The smallest absolute Gasteiger partial charge is 0.294 e. The molecule has 0 heterocycles. The molecular weight excluding hydrogens is 213 g/mol. The highest BCUT2D eigenvalue weighted by Gasteiger charge is 2.17. The standard InChI is InChI=1S/C11H12FNO3/c1-7(2)5-11(14)8-3-4-9(12)10(6-8)13(15)16/h3-4,6-7H,5H2,1-2H3. The van der Waals surface area contributed by atoms with Crippen LogP contribution >= 0.6 is 0 Å². The fraction of sp³-hybridized carbons (Fsp3) is 0.364. The summed E-state index contributed by atoms with van der Waals surface area (Å²) in [5.74, 6) is -0.971. The topological polar surface area (TPSA) is 60.2 Å². The van der Waals surface area contributed by atoms with Crippen LogP contribution in [-0.4, -0.2) is 10.7 Å². The van der Waals surface area contributed by atoms with Gasteiger partial charge in [0.2, 0.25) is 5.82 Å². The molecule has 0 aromatic heterocycles. The first-order valence-corrected chi connectivity index (χ1v) is 4.89. The maximum Gasteiger partial charge on any atom is 0.305 e. The number of benzene rings is 1. The summed E-state index contributed by atoms with van der Waals surface area (Å²) in [6.45, 7) is 3.74. The second kappa shape index (κ2) is 4.83. The van der Waals surface area contributed by atoms with Crippen LogP contribution < -0.4 is 0 Å². The molecule has 0 unspecified atom stereocenters. The van der Waals surface area contributed by atoms with Crippen LogP contribution in [0.4, 0.5) is 10.1 Å². The number of Topliss-reactive ketones (excluding diaryl/α,β-unsaturated/α-hetero) is 1. The van der Waals surface area contributed by atoms with Gasteiger partial charge < -0.3 is 0 Å². The van der Waals surface area contributed by atoms with E-state index in [4.69, 9.17) is 0 Å². The van der Waals surface area contributed by atoms with Crippen molar-refractivity contribution >= 4 is 11.5 Å². The van der Waals surface area contributed by atoms with E-state index in [1.165, 1.54) is 6.07 Å². The van der Waals surface area contributed by atoms with Crippen molar-refractivity contribution < 1.29 is 14.1 Å². The Morgan fingerprint density at radius 3 is 2.62 bits per heavy atom. The van der Waals surface area contributed by atoms with E-state index >= 15 is 0 Å². The number of carbonyl (C=O) groups excluding carboxylic acids is 1. The largest absolute Gasteiger partial charge is 0.305 e. The van der Waals surface area contributed by atoms with Gasteiger partial charge in [-0.15, -0.1) is 0 Å². The maximum atomic E-state index is 13.0. The average Bonchev–Trinajstić information content (AvgIpc) is 2.16. The quantitative estimate of drug-likeness (QED) is 0.449. The summed E-state index contributed by atoms with van der Waals surface area (Å²) in [4.78, 5) is 21.2. The van der Waals surface area contributed by atoms with Gasteiger partial charge in [-0.3, -0.25) is 14.9 Å². The van der Waals surface area contributed by atoms with E-state index in [1.807, 2.05) is 13.8 Å². The van der Waals surface area contributed by atoms with Crippen molar-refractivity contribution in [3.63, 3.8) is 0 Å². The Kier molecular flexibility index (Phi) is 3.71. The van der Waals surface area contributed by atoms with Crippen LogP contribution in [0.3, 0.4) is 0 Å². The molecule has 4 nitrogen and oxygen atoms in total. The molecule has 0 aliphatic heterocycles. The van der Waals surface area contributed by atoms with Crippen molar-refractivity contribution in [3.05, 3.63) is 39.7 Å². The number of rotatable bonds is 4. The van der Waals surface area contributed by atoms with Crippen LogP contribution in [0.1, 0.15) is 30.6 Å². The second-order valence-electron chi connectivity index (χ2n) is 3.94. The number of nitrogens with zero attached hydrogens (tertiary/aromatic N) is 1. The van der Waals surface area contributed by atoms with Gasteiger partial charge >= 0.3 is 5.69 Å². The highest BCUT2D eigenvalue weighted by atomic mass is 19.1. The lowest BCUT2D eigenvalue weighted by Crippen LogP contribution is -2.04. The molecule has 0 amide bonds. The van der Waals surface area contributed by atoms with Crippen LogP contribution in [0, 0.1) is 21.8 Å². The lowest BCUT2D eigenvalue weighted by Gasteiger charge is -2.03. The highest BCUT2D eigenvalue weighted by molar-refractivity contribution is 5.96. The van der Waals surface area contributed by atoms with Gasteiger partial charge in [-0.1, -0.05) is 13.8 Å². The number of halogens is 1. The minimum absolute atomic E-state index is 0.164. The zero-order chi connectivity index (χ0) is 12.3. The van der Waals surface area contributed by atoms with E-state index in [1.54, 1.807) is 0 Å². The van der Waals surface area contributed by atoms with Crippen LogP contribution in [0.2, 0.25) is 0 Å². The maximum absolute atomic E-state index is 13.0. The third-order valence-electron chi connectivity index (χ3n) is 2.06. The monoisotopic (exact) mass is 225 g/mol. The van der Waals surface area contributed by atoms with E-state index < -0.39 is 16.4 Å². The molecule has 0 spiro atoms. The summed E-state index contributed by atoms with van der Waals surface area (Å²) in [6, 6.07) is 3.21. The lowest BCUT2D eigenvalue weighted by molar-refractivity contribution is -0.387. The van der Waals surface area contributed by atoms with Gasteiger partial charge in [0.1, 0.15) is 0 Å². The molecule has 1 rings (SSSR count). The SMILES string of the molecule is CC(C)CC(=O)c1ccc(F)c([N+](=O)[O-])c1. The van der Waals surface area contributed by atoms with Crippen LogP contribution in [0.25, 0.3) is 0 Å². The molecule has 0 atom stereocenters. The van der Waals surface area contributed by atoms with Crippen molar-refractivity contribution in [2.45, 2.75) is 20.3 Å². The van der Waals surface area contributed by atoms with Crippen LogP contribution in [0.15, 0.2) is 18.2 Å². The Bertz CT molecular complexity index is 429. The van der Waals surface area contributed by atoms with E-state index in [9.17, 15) is 19.3 Å². The van der Waals surface area contributed by atoms with Crippen molar-refractivity contribution in [3.8, 4) is 0 Å². The predicted molar refractivity (Wildman–Crippen MR) is 56.8 cm³/mol. The third-order valence-corrected chi connectivity index (χ3v) is 2.06. The molecule has 5 heteroatoms. The first-order valence-electron chi connectivity index (χ1n) is 4.89. The number of ketones is 1. The summed E-state index contributed by atoms with van der Waals surface area (Å²) in [7, 11) is 0. The zero-order valence-corrected chi connectivity index (χ0v) is 9.07. The van der Waals surface area contributed by atoms with Gasteiger partial charge in [-0.25, -0.2) is 0 Å². The molecule has 1 aromatic rings. The van der Waals surface area contributed by atoms with E-state index in [0.29, 0.717) is 6.42 Å². The normalized spacial score (nSPS) is 10.5. The summed E-state index contributed by atoms with van der Waals surface area (Å²) in [5.41, 5.74) is -0.476. The molecular formula is C11H12FNO3. The van der Waals surface area contributed by atoms with Crippen LogP contribution in [0.5, 0.6) is 0 Å². The minimum atomic E-state index is -0.925. The third kappa shape index (κ3) is 2.85.